The van der Waals surface area contributed by atoms with Crippen LogP contribution in [0, 0.1) is 0 Å². The second-order valence-electron chi connectivity index (χ2n) is 5.01. The van der Waals surface area contributed by atoms with Crippen molar-refractivity contribution in [3.05, 3.63) is 48.6 Å². The molecule has 4 nitrogen and oxygen atoms in total. The van der Waals surface area contributed by atoms with E-state index in [2.05, 4.69) is 11.9 Å². The first-order chi connectivity index (χ1) is 10.1. The summed E-state index contributed by atoms with van der Waals surface area (Å²) in [5.41, 5.74) is 0.481. The van der Waals surface area contributed by atoms with Gasteiger partial charge in [0.2, 0.25) is 0 Å². The predicted molar refractivity (Wildman–Crippen MR) is 83.2 cm³/mol. The van der Waals surface area contributed by atoms with Crippen molar-refractivity contribution in [2.45, 2.75) is 44.6 Å². The van der Waals surface area contributed by atoms with Crippen molar-refractivity contribution in [2.75, 3.05) is 0 Å². The van der Waals surface area contributed by atoms with E-state index in [4.69, 9.17) is 0 Å². The van der Waals surface area contributed by atoms with Gasteiger partial charge in [-0.3, -0.25) is 4.79 Å². The third kappa shape index (κ3) is 6.75. The van der Waals surface area contributed by atoms with Crippen molar-refractivity contribution in [3.8, 4) is 0 Å². The predicted octanol–water partition coefficient (Wildman–Crippen LogP) is 3.40. The molecule has 0 radical (unpaired) electrons. The Morgan fingerprint density at radius 2 is 1.81 bits per heavy atom. The van der Waals surface area contributed by atoms with Crippen LogP contribution in [-0.4, -0.2) is 23.0 Å². The summed E-state index contributed by atoms with van der Waals surface area (Å²) in [7, 11) is 0. The number of allylic oxidation sites excluding steroid dienone is 1. The molecule has 114 valence electrons. The largest absolute Gasteiger partial charge is 0.480 e. The average Bonchev–Trinajstić information content (AvgIpc) is 2.50. The Labute approximate surface area is 125 Å². The van der Waals surface area contributed by atoms with Crippen molar-refractivity contribution in [1.29, 1.82) is 0 Å². The molecule has 4 heteroatoms. The van der Waals surface area contributed by atoms with E-state index in [1.807, 2.05) is 12.1 Å². The molecule has 0 aliphatic heterocycles. The molecule has 1 aromatic carbocycles. The second kappa shape index (κ2) is 9.75. The van der Waals surface area contributed by atoms with Gasteiger partial charge >= 0.3 is 5.97 Å². The summed E-state index contributed by atoms with van der Waals surface area (Å²) in [6, 6.07) is 7.84. The molecule has 0 saturated carbocycles. The van der Waals surface area contributed by atoms with Gasteiger partial charge in [-0.05, 0) is 31.4 Å². The van der Waals surface area contributed by atoms with Gasteiger partial charge in [0.15, 0.2) is 0 Å². The molecule has 0 aliphatic rings. The first-order valence-electron chi connectivity index (χ1n) is 7.34. The Hall–Kier alpha value is -2.10. The van der Waals surface area contributed by atoms with Crippen molar-refractivity contribution in [1.82, 2.24) is 5.32 Å². The van der Waals surface area contributed by atoms with Crippen molar-refractivity contribution >= 4 is 11.9 Å². The minimum absolute atomic E-state index is 0.338. The highest BCUT2D eigenvalue weighted by atomic mass is 16.4. The van der Waals surface area contributed by atoms with E-state index in [-0.39, 0.29) is 5.91 Å². The van der Waals surface area contributed by atoms with Gasteiger partial charge in [-0.15, -0.1) is 6.58 Å². The van der Waals surface area contributed by atoms with Gasteiger partial charge in [-0.1, -0.05) is 43.5 Å². The molecule has 21 heavy (non-hydrogen) atoms. The molecule has 1 aromatic rings. The number of rotatable bonds is 10. The highest BCUT2D eigenvalue weighted by Crippen LogP contribution is 2.09. The van der Waals surface area contributed by atoms with Crippen LogP contribution in [0.3, 0.4) is 0 Å². The molecule has 1 amide bonds. The first kappa shape index (κ1) is 17.0. The van der Waals surface area contributed by atoms with Gasteiger partial charge in [0.1, 0.15) is 6.04 Å². The summed E-state index contributed by atoms with van der Waals surface area (Å²) in [6.45, 7) is 3.67. The smallest absolute Gasteiger partial charge is 0.326 e. The van der Waals surface area contributed by atoms with E-state index in [1.165, 1.54) is 0 Å². The molecule has 0 unspecified atom stereocenters. The molecule has 0 spiro atoms. The highest BCUT2D eigenvalue weighted by Gasteiger charge is 2.19. The number of carbonyl (C=O) groups excluding carboxylic acids is 1. The summed E-state index contributed by atoms with van der Waals surface area (Å²) in [4.78, 5) is 23.2. The third-order valence-corrected chi connectivity index (χ3v) is 3.29. The zero-order valence-corrected chi connectivity index (χ0v) is 12.3. The van der Waals surface area contributed by atoms with Crippen molar-refractivity contribution in [2.24, 2.45) is 0 Å². The van der Waals surface area contributed by atoms with Crippen LogP contribution in [0.1, 0.15) is 48.9 Å². The van der Waals surface area contributed by atoms with Crippen LogP contribution < -0.4 is 5.32 Å². The molecule has 0 bridgehead atoms. The lowest BCUT2D eigenvalue weighted by Gasteiger charge is -2.14. The van der Waals surface area contributed by atoms with Crippen LogP contribution in [0.25, 0.3) is 0 Å². The Morgan fingerprint density at radius 1 is 1.14 bits per heavy atom. The van der Waals surface area contributed by atoms with E-state index in [0.717, 1.165) is 32.1 Å². The first-order valence-corrected chi connectivity index (χ1v) is 7.34. The molecule has 0 heterocycles. The number of hydrogen-bond donors (Lipinski definition) is 2. The van der Waals surface area contributed by atoms with Gasteiger partial charge < -0.3 is 10.4 Å². The maximum Gasteiger partial charge on any atom is 0.326 e. The monoisotopic (exact) mass is 289 g/mol. The third-order valence-electron chi connectivity index (χ3n) is 3.29. The van der Waals surface area contributed by atoms with Gasteiger partial charge in [0.05, 0.1) is 0 Å². The van der Waals surface area contributed by atoms with Crippen LogP contribution in [0.2, 0.25) is 0 Å². The quantitative estimate of drug-likeness (QED) is 0.512. The molecule has 2 N–H and O–H groups in total. The van der Waals surface area contributed by atoms with Crippen molar-refractivity contribution in [3.63, 3.8) is 0 Å². The number of carboxylic acids is 1. The fourth-order valence-corrected chi connectivity index (χ4v) is 2.08. The lowest BCUT2D eigenvalue weighted by atomic mass is 10.1. The number of carbonyl (C=O) groups is 2. The van der Waals surface area contributed by atoms with Crippen LogP contribution in [0.5, 0.6) is 0 Å². The fraction of sp³-hybridized carbons (Fsp3) is 0.412. The lowest BCUT2D eigenvalue weighted by molar-refractivity contribution is -0.139. The Kier molecular flexibility index (Phi) is 7.87. The maximum atomic E-state index is 11.9. The molecule has 1 rings (SSSR count). The summed E-state index contributed by atoms with van der Waals surface area (Å²) in [5, 5.41) is 11.8. The molecule has 0 fully saturated rings. The van der Waals surface area contributed by atoms with Gasteiger partial charge in [-0.2, -0.15) is 0 Å². The fourth-order valence-electron chi connectivity index (χ4n) is 2.08. The highest BCUT2D eigenvalue weighted by molar-refractivity contribution is 5.96. The van der Waals surface area contributed by atoms with Crippen LogP contribution in [0.15, 0.2) is 43.0 Å². The van der Waals surface area contributed by atoms with Crippen molar-refractivity contribution < 1.29 is 14.7 Å². The molecule has 0 aromatic heterocycles. The number of unbranched alkanes of at least 4 members (excludes halogenated alkanes) is 4. The lowest BCUT2D eigenvalue weighted by Crippen LogP contribution is -2.40. The second-order valence-corrected chi connectivity index (χ2v) is 5.01. The molecule has 1 atom stereocenters. The Bertz CT molecular complexity index is 456. The minimum Gasteiger partial charge on any atom is -0.480 e. The van der Waals surface area contributed by atoms with Gasteiger partial charge in [-0.25, -0.2) is 4.79 Å². The van der Waals surface area contributed by atoms with Gasteiger partial charge in [0.25, 0.3) is 5.91 Å². The molecule has 0 aliphatic carbocycles. The van der Waals surface area contributed by atoms with E-state index in [9.17, 15) is 14.7 Å². The van der Waals surface area contributed by atoms with Crippen LogP contribution in [0.4, 0.5) is 0 Å². The average molecular weight is 289 g/mol. The van der Waals surface area contributed by atoms with E-state index in [0.29, 0.717) is 12.0 Å². The normalized spacial score (nSPS) is 11.6. The van der Waals surface area contributed by atoms with E-state index >= 15 is 0 Å². The zero-order chi connectivity index (χ0) is 15.5. The molecule has 0 saturated heterocycles. The van der Waals surface area contributed by atoms with E-state index in [1.54, 1.807) is 24.3 Å². The Balaban J connectivity index is 2.38. The molecular weight excluding hydrogens is 266 g/mol. The SMILES string of the molecule is C=CCCCCCC[C@H](NC(=O)c1ccccc1)C(=O)O. The van der Waals surface area contributed by atoms with E-state index < -0.39 is 12.0 Å². The molecular formula is C17H23NO3. The van der Waals surface area contributed by atoms with Crippen LogP contribution in [-0.2, 0) is 4.79 Å². The Morgan fingerprint density at radius 3 is 2.43 bits per heavy atom. The number of carboxylic acid groups (broad SMARTS) is 1. The number of hydrogen-bond acceptors (Lipinski definition) is 2. The number of amides is 1. The topological polar surface area (TPSA) is 66.4 Å². The standard InChI is InChI=1S/C17H23NO3/c1-2-3-4-5-6-10-13-15(17(20)21)18-16(19)14-11-8-7-9-12-14/h2,7-9,11-12,15H,1,3-6,10,13H2,(H,18,19)(H,20,21)/t15-/m0/s1. The summed E-state index contributed by atoms with van der Waals surface area (Å²) >= 11 is 0. The van der Waals surface area contributed by atoms with Gasteiger partial charge in [0, 0.05) is 5.56 Å². The minimum atomic E-state index is -0.981. The maximum absolute atomic E-state index is 11.9. The summed E-state index contributed by atoms with van der Waals surface area (Å²) in [6.07, 6.45) is 7.25. The number of benzene rings is 1. The number of aliphatic carboxylic acids is 1. The summed E-state index contributed by atoms with van der Waals surface area (Å²) < 4.78 is 0. The van der Waals surface area contributed by atoms with Crippen LogP contribution >= 0.6 is 0 Å². The number of nitrogens with one attached hydrogen (secondary N) is 1. The summed E-state index contributed by atoms with van der Waals surface area (Å²) in [5.74, 6) is -1.32. The zero-order valence-electron chi connectivity index (χ0n) is 12.3.